The van der Waals surface area contributed by atoms with Crippen molar-refractivity contribution in [2.75, 3.05) is 12.8 Å². The molecule has 4 unspecified atom stereocenters. The second-order valence-corrected chi connectivity index (χ2v) is 7.66. The van der Waals surface area contributed by atoms with Gasteiger partial charge in [-0.05, 0) is 37.1 Å². The first-order valence-electron chi connectivity index (χ1n) is 6.98. The summed E-state index contributed by atoms with van der Waals surface area (Å²) in [6.07, 6.45) is 6.68. The van der Waals surface area contributed by atoms with Gasteiger partial charge in [-0.1, -0.05) is 34.1 Å². The van der Waals surface area contributed by atoms with Gasteiger partial charge >= 0.3 is 0 Å². The van der Waals surface area contributed by atoms with E-state index in [-0.39, 0.29) is 0 Å². The molecule has 0 spiro atoms. The molecular weight excluding hydrogens is 230 g/mol. The first-order valence-corrected chi connectivity index (χ1v) is 8.60. The summed E-state index contributed by atoms with van der Waals surface area (Å²) in [5, 5.41) is 3.86. The van der Waals surface area contributed by atoms with Crippen LogP contribution in [0.25, 0.3) is 0 Å². The van der Waals surface area contributed by atoms with Crippen LogP contribution in [-0.2, 0) is 10.8 Å². The number of nitrogens with one attached hydrogen (secondary N) is 1. The number of hydrogen-bond acceptors (Lipinski definition) is 2. The summed E-state index contributed by atoms with van der Waals surface area (Å²) in [4.78, 5) is 0. The van der Waals surface area contributed by atoms with Gasteiger partial charge in [0.25, 0.3) is 0 Å². The highest BCUT2D eigenvalue weighted by Gasteiger charge is 2.38. The van der Waals surface area contributed by atoms with Crippen molar-refractivity contribution in [2.24, 2.45) is 11.3 Å². The van der Waals surface area contributed by atoms with Gasteiger partial charge in [-0.3, -0.25) is 4.21 Å². The van der Waals surface area contributed by atoms with E-state index in [9.17, 15) is 4.21 Å². The largest absolute Gasteiger partial charge is 0.313 e. The standard InChI is InChI=1S/C14H29NOS/c1-6-14(3,4)11-8-9-12(15-7-2)13(10-11)17(5)16/h11-13,15H,6-10H2,1-5H3. The van der Waals surface area contributed by atoms with Crippen LogP contribution in [0.3, 0.4) is 0 Å². The third-order valence-corrected chi connectivity index (χ3v) is 6.07. The van der Waals surface area contributed by atoms with Crippen LogP contribution < -0.4 is 5.32 Å². The normalized spacial score (nSPS) is 32.4. The van der Waals surface area contributed by atoms with Gasteiger partial charge in [0.2, 0.25) is 0 Å². The topological polar surface area (TPSA) is 29.1 Å². The van der Waals surface area contributed by atoms with Crippen molar-refractivity contribution in [1.82, 2.24) is 5.32 Å². The Balaban J connectivity index is 2.71. The minimum Gasteiger partial charge on any atom is -0.313 e. The van der Waals surface area contributed by atoms with E-state index in [1.54, 1.807) is 0 Å². The molecule has 1 fully saturated rings. The molecular formula is C14H29NOS. The molecule has 0 aromatic rings. The summed E-state index contributed by atoms with van der Waals surface area (Å²) in [5.74, 6) is 0.733. The Bertz CT molecular complexity index is 265. The lowest BCUT2D eigenvalue weighted by molar-refractivity contribution is 0.140. The minimum atomic E-state index is -0.704. The summed E-state index contributed by atoms with van der Waals surface area (Å²) in [6, 6.07) is 0.467. The zero-order chi connectivity index (χ0) is 13.1. The monoisotopic (exact) mass is 259 g/mol. The fraction of sp³-hybridized carbons (Fsp3) is 1.00. The smallest absolute Gasteiger partial charge is 0.0501 e. The highest BCUT2D eigenvalue weighted by Crippen LogP contribution is 2.41. The van der Waals surface area contributed by atoms with E-state index in [0.29, 0.717) is 16.7 Å². The molecule has 0 aliphatic heterocycles. The predicted molar refractivity (Wildman–Crippen MR) is 76.7 cm³/mol. The van der Waals surface area contributed by atoms with E-state index < -0.39 is 10.8 Å². The molecule has 0 amide bonds. The molecule has 0 aromatic heterocycles. The first kappa shape index (κ1) is 15.2. The zero-order valence-corrected chi connectivity index (χ0v) is 12.9. The van der Waals surface area contributed by atoms with Crippen molar-refractivity contribution < 1.29 is 4.21 Å². The highest BCUT2D eigenvalue weighted by atomic mass is 32.2. The molecule has 3 heteroatoms. The van der Waals surface area contributed by atoms with Crippen LogP contribution in [-0.4, -0.2) is 28.3 Å². The average molecular weight is 259 g/mol. The average Bonchev–Trinajstić information content (AvgIpc) is 2.29. The lowest BCUT2D eigenvalue weighted by Gasteiger charge is -2.42. The third kappa shape index (κ3) is 3.78. The van der Waals surface area contributed by atoms with E-state index in [1.165, 1.54) is 19.3 Å². The van der Waals surface area contributed by atoms with Crippen LogP contribution in [0.15, 0.2) is 0 Å². The van der Waals surface area contributed by atoms with Crippen molar-refractivity contribution in [3.63, 3.8) is 0 Å². The molecule has 1 aliphatic rings. The van der Waals surface area contributed by atoms with Gasteiger partial charge in [-0.2, -0.15) is 0 Å². The molecule has 0 bridgehead atoms. The summed E-state index contributed by atoms with van der Waals surface area (Å²) in [6.45, 7) is 10.1. The Morgan fingerprint density at radius 1 is 1.29 bits per heavy atom. The lowest BCUT2D eigenvalue weighted by Crippen LogP contribution is -2.48. The van der Waals surface area contributed by atoms with Gasteiger partial charge in [0, 0.05) is 23.1 Å². The van der Waals surface area contributed by atoms with Crippen LogP contribution in [0.2, 0.25) is 0 Å². The van der Waals surface area contributed by atoms with Crippen molar-refractivity contribution >= 4 is 10.8 Å². The number of rotatable bonds is 5. The lowest BCUT2D eigenvalue weighted by atomic mass is 9.68. The van der Waals surface area contributed by atoms with E-state index in [2.05, 4.69) is 33.0 Å². The molecule has 0 saturated heterocycles. The zero-order valence-electron chi connectivity index (χ0n) is 12.1. The van der Waals surface area contributed by atoms with Gasteiger partial charge in [0.1, 0.15) is 0 Å². The van der Waals surface area contributed by atoms with Gasteiger partial charge in [0.15, 0.2) is 0 Å². The predicted octanol–water partition coefficient (Wildman–Crippen LogP) is 2.95. The number of hydrogen-bond donors (Lipinski definition) is 1. The summed E-state index contributed by atoms with van der Waals surface area (Å²) in [5.41, 5.74) is 0.398. The summed E-state index contributed by atoms with van der Waals surface area (Å²) < 4.78 is 11.9. The summed E-state index contributed by atoms with van der Waals surface area (Å²) in [7, 11) is -0.704. The van der Waals surface area contributed by atoms with E-state index in [0.717, 1.165) is 18.9 Å². The highest BCUT2D eigenvalue weighted by molar-refractivity contribution is 7.85. The molecule has 1 aliphatic carbocycles. The van der Waals surface area contributed by atoms with Gasteiger partial charge in [-0.15, -0.1) is 0 Å². The maximum Gasteiger partial charge on any atom is 0.0501 e. The van der Waals surface area contributed by atoms with Crippen LogP contribution >= 0.6 is 0 Å². The maximum atomic E-state index is 11.9. The molecule has 4 atom stereocenters. The molecule has 2 nitrogen and oxygen atoms in total. The molecule has 102 valence electrons. The van der Waals surface area contributed by atoms with Gasteiger partial charge < -0.3 is 5.32 Å². The first-order chi connectivity index (χ1) is 7.92. The van der Waals surface area contributed by atoms with Crippen molar-refractivity contribution in [3.05, 3.63) is 0 Å². The van der Waals surface area contributed by atoms with E-state index in [1.807, 2.05) is 6.26 Å². The molecule has 1 N–H and O–H groups in total. The van der Waals surface area contributed by atoms with Gasteiger partial charge in [-0.25, -0.2) is 0 Å². The Morgan fingerprint density at radius 3 is 2.41 bits per heavy atom. The fourth-order valence-corrected chi connectivity index (χ4v) is 4.19. The SMILES string of the molecule is CCNC1CCC(C(C)(C)CC)CC1S(C)=O. The molecule has 1 rings (SSSR count). The van der Waals surface area contributed by atoms with Crippen molar-refractivity contribution in [3.8, 4) is 0 Å². The molecule has 0 aromatic carbocycles. The maximum absolute atomic E-state index is 11.9. The molecule has 17 heavy (non-hydrogen) atoms. The Hall–Kier alpha value is 0.110. The quantitative estimate of drug-likeness (QED) is 0.822. The minimum absolute atomic E-state index is 0.347. The van der Waals surface area contributed by atoms with Gasteiger partial charge in [0.05, 0.1) is 5.25 Å². The second-order valence-electron chi connectivity index (χ2n) is 6.05. The summed E-state index contributed by atoms with van der Waals surface area (Å²) >= 11 is 0. The van der Waals surface area contributed by atoms with Crippen LogP contribution in [0.4, 0.5) is 0 Å². The Morgan fingerprint density at radius 2 is 1.94 bits per heavy atom. The molecule has 0 heterocycles. The Labute approximate surface area is 109 Å². The van der Waals surface area contributed by atoms with E-state index >= 15 is 0 Å². The van der Waals surface area contributed by atoms with Crippen molar-refractivity contribution in [1.29, 1.82) is 0 Å². The Kier molecular flexibility index (Phi) is 5.65. The van der Waals surface area contributed by atoms with Crippen molar-refractivity contribution in [2.45, 2.75) is 64.7 Å². The van der Waals surface area contributed by atoms with Crippen LogP contribution in [0.5, 0.6) is 0 Å². The van der Waals surface area contributed by atoms with Crippen LogP contribution in [0.1, 0.15) is 53.4 Å². The van der Waals surface area contributed by atoms with Crippen LogP contribution in [0, 0.1) is 11.3 Å². The fourth-order valence-electron chi connectivity index (χ4n) is 2.99. The van der Waals surface area contributed by atoms with E-state index in [4.69, 9.17) is 0 Å². The molecule has 0 radical (unpaired) electrons. The third-order valence-electron chi connectivity index (χ3n) is 4.70. The molecule has 1 saturated carbocycles. The second kappa shape index (κ2) is 6.33.